The van der Waals surface area contributed by atoms with E-state index in [1.807, 2.05) is 25.1 Å². The summed E-state index contributed by atoms with van der Waals surface area (Å²) in [6.45, 7) is 4.79. The normalized spacial score (nSPS) is 14.1. The molecule has 1 atom stereocenters. The first-order valence-corrected chi connectivity index (χ1v) is 7.99. The zero-order valence-corrected chi connectivity index (χ0v) is 13.7. The Labute approximate surface area is 139 Å². The molecule has 3 rings (SSSR count). The number of aromatic amines is 1. The Morgan fingerprint density at radius 2 is 1.96 bits per heavy atom. The van der Waals surface area contributed by atoms with E-state index < -0.39 is 5.91 Å². The Bertz CT molecular complexity index is 813. The van der Waals surface area contributed by atoms with Crippen LogP contribution < -0.4 is 20.3 Å². The van der Waals surface area contributed by atoms with E-state index in [0.29, 0.717) is 31.1 Å². The molecule has 0 saturated heterocycles. The number of rotatable bonds is 4. The lowest BCUT2D eigenvalue weighted by molar-refractivity contribution is 0.0934. The highest BCUT2D eigenvalue weighted by Gasteiger charge is 2.19. The molecule has 0 radical (unpaired) electrons. The summed E-state index contributed by atoms with van der Waals surface area (Å²) in [6, 6.07) is 8.66. The first-order chi connectivity index (χ1) is 11.6. The van der Waals surface area contributed by atoms with Crippen LogP contribution in [0.25, 0.3) is 0 Å². The third-order valence-corrected chi connectivity index (χ3v) is 3.98. The topological polar surface area (TPSA) is 80.4 Å². The zero-order valence-electron chi connectivity index (χ0n) is 13.7. The Morgan fingerprint density at radius 3 is 2.67 bits per heavy atom. The second kappa shape index (κ2) is 6.78. The van der Waals surface area contributed by atoms with Crippen LogP contribution in [0.5, 0.6) is 11.5 Å². The van der Waals surface area contributed by atoms with Crippen LogP contribution in [0.4, 0.5) is 0 Å². The third-order valence-electron chi connectivity index (χ3n) is 3.98. The largest absolute Gasteiger partial charge is 0.486 e. The lowest BCUT2D eigenvalue weighted by Crippen LogP contribution is -2.32. The van der Waals surface area contributed by atoms with Crippen molar-refractivity contribution in [1.82, 2.24) is 10.3 Å². The van der Waals surface area contributed by atoms with Gasteiger partial charge in [-0.2, -0.15) is 0 Å². The van der Waals surface area contributed by atoms with Gasteiger partial charge in [0.1, 0.15) is 18.8 Å². The first kappa shape index (κ1) is 16.1. The highest BCUT2D eigenvalue weighted by atomic mass is 16.6. The molecule has 2 heterocycles. The molecule has 0 aliphatic carbocycles. The number of ether oxygens (including phenoxy) is 2. The number of carbonyl (C=O) groups excluding carboxylic acids is 1. The first-order valence-electron chi connectivity index (χ1n) is 7.99. The van der Waals surface area contributed by atoms with Crippen LogP contribution in [-0.2, 0) is 0 Å². The molecule has 0 bridgehead atoms. The van der Waals surface area contributed by atoms with Crippen LogP contribution in [0.3, 0.4) is 0 Å². The van der Waals surface area contributed by atoms with Gasteiger partial charge in [-0.1, -0.05) is 13.0 Å². The number of aromatic nitrogens is 1. The van der Waals surface area contributed by atoms with Gasteiger partial charge in [-0.25, -0.2) is 0 Å². The summed E-state index contributed by atoms with van der Waals surface area (Å²) in [7, 11) is 0. The number of hydrogen-bond donors (Lipinski definition) is 2. The van der Waals surface area contributed by atoms with E-state index in [1.54, 1.807) is 19.1 Å². The van der Waals surface area contributed by atoms with Crippen LogP contribution >= 0.6 is 0 Å². The van der Waals surface area contributed by atoms with Crippen molar-refractivity contribution in [2.45, 2.75) is 26.3 Å². The monoisotopic (exact) mass is 328 g/mol. The molecule has 0 saturated carbocycles. The lowest BCUT2D eigenvalue weighted by atomic mass is 10.0. The summed E-state index contributed by atoms with van der Waals surface area (Å²) in [5, 5.41) is 2.91. The molecule has 2 aromatic rings. The molecular weight excluding hydrogens is 308 g/mol. The van der Waals surface area contributed by atoms with Crippen molar-refractivity contribution >= 4 is 5.91 Å². The van der Waals surface area contributed by atoms with Gasteiger partial charge in [-0.3, -0.25) is 9.59 Å². The summed E-state index contributed by atoms with van der Waals surface area (Å²) in [6.07, 6.45) is 0.690. The summed E-state index contributed by atoms with van der Waals surface area (Å²) >= 11 is 0. The van der Waals surface area contributed by atoms with Gasteiger partial charge in [0.2, 0.25) is 0 Å². The molecule has 1 aliphatic rings. The fraction of sp³-hybridized carbons (Fsp3) is 0.333. The quantitative estimate of drug-likeness (QED) is 0.903. The van der Waals surface area contributed by atoms with Gasteiger partial charge in [0.25, 0.3) is 11.5 Å². The smallest absolute Gasteiger partial charge is 0.260 e. The highest BCUT2D eigenvalue weighted by molar-refractivity contribution is 5.94. The van der Waals surface area contributed by atoms with Crippen LogP contribution in [0.1, 0.15) is 41.0 Å². The standard InChI is InChI=1S/C18H20N2O4/c1-3-14(12-5-7-15-16(10-12)24-9-8-23-15)20-18(22)13-6-4-11(2)19-17(13)21/h4-7,10,14H,3,8-9H2,1-2H3,(H,19,21)(H,20,22)/t14-/m0/s1. The van der Waals surface area contributed by atoms with Crippen LogP contribution in [0, 0.1) is 6.92 Å². The summed E-state index contributed by atoms with van der Waals surface area (Å²) in [4.78, 5) is 27.0. The maximum Gasteiger partial charge on any atom is 0.260 e. The molecule has 1 aromatic carbocycles. The average molecular weight is 328 g/mol. The van der Waals surface area contributed by atoms with Crippen molar-refractivity contribution in [3.8, 4) is 11.5 Å². The summed E-state index contributed by atoms with van der Waals surface area (Å²) in [5.74, 6) is 0.999. The van der Waals surface area contributed by atoms with Gasteiger partial charge in [0, 0.05) is 5.69 Å². The Morgan fingerprint density at radius 1 is 1.21 bits per heavy atom. The van der Waals surface area contributed by atoms with E-state index in [1.165, 1.54) is 0 Å². The molecule has 1 amide bonds. The average Bonchev–Trinajstić information content (AvgIpc) is 2.59. The van der Waals surface area contributed by atoms with Crippen LogP contribution in [0.15, 0.2) is 35.1 Å². The molecule has 1 aromatic heterocycles. The summed E-state index contributed by atoms with van der Waals surface area (Å²) < 4.78 is 11.1. The van der Waals surface area contributed by atoms with Crippen molar-refractivity contribution in [3.05, 3.63) is 57.5 Å². The van der Waals surface area contributed by atoms with Crippen molar-refractivity contribution in [3.63, 3.8) is 0 Å². The van der Waals surface area contributed by atoms with E-state index in [0.717, 1.165) is 11.3 Å². The van der Waals surface area contributed by atoms with Crippen molar-refractivity contribution in [2.24, 2.45) is 0 Å². The number of amides is 1. The number of hydrogen-bond acceptors (Lipinski definition) is 4. The predicted octanol–water partition coefficient (Wildman–Crippen LogP) is 2.34. The maximum atomic E-state index is 12.4. The van der Waals surface area contributed by atoms with Crippen LogP contribution in [-0.4, -0.2) is 24.1 Å². The maximum absolute atomic E-state index is 12.4. The number of aryl methyl sites for hydroxylation is 1. The molecule has 126 valence electrons. The van der Waals surface area contributed by atoms with Crippen molar-refractivity contribution in [1.29, 1.82) is 0 Å². The van der Waals surface area contributed by atoms with Crippen molar-refractivity contribution < 1.29 is 14.3 Å². The fourth-order valence-corrected chi connectivity index (χ4v) is 2.68. The predicted molar refractivity (Wildman–Crippen MR) is 89.7 cm³/mol. The number of pyridine rings is 1. The number of H-pyrrole nitrogens is 1. The van der Waals surface area contributed by atoms with Gasteiger partial charge in [-0.05, 0) is 43.2 Å². The van der Waals surface area contributed by atoms with Gasteiger partial charge >= 0.3 is 0 Å². The molecule has 0 fully saturated rings. The third kappa shape index (κ3) is 3.27. The molecule has 24 heavy (non-hydrogen) atoms. The molecule has 0 unspecified atom stereocenters. The molecule has 2 N–H and O–H groups in total. The Hall–Kier alpha value is -2.76. The number of benzene rings is 1. The van der Waals surface area contributed by atoms with E-state index in [4.69, 9.17) is 9.47 Å². The molecule has 1 aliphatic heterocycles. The van der Waals surface area contributed by atoms with E-state index >= 15 is 0 Å². The zero-order chi connectivity index (χ0) is 17.1. The van der Waals surface area contributed by atoms with Crippen molar-refractivity contribution in [2.75, 3.05) is 13.2 Å². The van der Waals surface area contributed by atoms with Gasteiger partial charge < -0.3 is 19.8 Å². The minimum atomic E-state index is -0.391. The van der Waals surface area contributed by atoms with E-state index in [9.17, 15) is 9.59 Å². The van der Waals surface area contributed by atoms with Gasteiger partial charge in [0.15, 0.2) is 11.5 Å². The summed E-state index contributed by atoms with van der Waals surface area (Å²) in [5.41, 5.74) is 1.36. The highest BCUT2D eigenvalue weighted by Crippen LogP contribution is 2.33. The Balaban J connectivity index is 1.81. The molecule has 6 heteroatoms. The number of fused-ring (bicyclic) bond motifs is 1. The Kier molecular flexibility index (Phi) is 4.55. The molecular formula is C18H20N2O4. The minimum absolute atomic E-state index is 0.108. The van der Waals surface area contributed by atoms with Crippen LogP contribution in [0.2, 0.25) is 0 Å². The SMILES string of the molecule is CC[C@H](NC(=O)c1ccc(C)[nH]c1=O)c1ccc2c(c1)OCCO2. The fourth-order valence-electron chi connectivity index (χ4n) is 2.68. The van der Waals surface area contributed by atoms with Gasteiger partial charge in [-0.15, -0.1) is 0 Å². The second-order valence-corrected chi connectivity index (χ2v) is 5.72. The van der Waals surface area contributed by atoms with E-state index in [-0.39, 0.29) is 17.2 Å². The lowest BCUT2D eigenvalue weighted by Gasteiger charge is -2.22. The minimum Gasteiger partial charge on any atom is -0.486 e. The number of carbonyl (C=O) groups is 1. The second-order valence-electron chi connectivity index (χ2n) is 5.72. The molecule has 6 nitrogen and oxygen atoms in total. The van der Waals surface area contributed by atoms with Gasteiger partial charge in [0.05, 0.1) is 6.04 Å². The molecule has 0 spiro atoms. The van der Waals surface area contributed by atoms with E-state index in [2.05, 4.69) is 10.3 Å². The number of nitrogens with one attached hydrogen (secondary N) is 2.